The fourth-order valence-electron chi connectivity index (χ4n) is 1.34. The maximum Gasteiger partial charge on any atom is 0.243 e. The monoisotopic (exact) mass is 337 g/mol. The van der Waals surface area contributed by atoms with Crippen LogP contribution in [0.1, 0.15) is 13.3 Å². The summed E-state index contributed by atoms with van der Waals surface area (Å²) in [6.07, 6.45) is 3.80. The molecule has 1 aromatic rings. The zero-order valence-corrected chi connectivity index (χ0v) is 13.5. The topological polar surface area (TPSA) is 130 Å². The minimum absolute atomic E-state index is 0.0415. The van der Waals surface area contributed by atoms with Gasteiger partial charge >= 0.3 is 0 Å². The Morgan fingerprint density at radius 1 is 1.05 bits per heavy atom. The second-order valence-corrected chi connectivity index (χ2v) is 7.79. The van der Waals surface area contributed by atoms with Crippen LogP contribution in [0.3, 0.4) is 0 Å². The van der Waals surface area contributed by atoms with Crippen LogP contribution in [0.4, 0.5) is 5.95 Å². The van der Waals surface area contributed by atoms with E-state index in [0.29, 0.717) is 18.9 Å². The molecule has 0 atom stereocenters. The predicted octanol–water partition coefficient (Wildman–Crippen LogP) is -0.874. The van der Waals surface area contributed by atoms with Crippen molar-refractivity contribution in [3.8, 4) is 0 Å². The maximum absolute atomic E-state index is 11.9. The molecule has 0 aromatic carbocycles. The number of anilines is 1. The van der Waals surface area contributed by atoms with Gasteiger partial charge in [-0.05, 0) is 13.3 Å². The first-order valence-electron chi connectivity index (χ1n) is 6.25. The Hall–Kier alpha value is -1.30. The summed E-state index contributed by atoms with van der Waals surface area (Å²) in [6.45, 7) is 2.79. The molecule has 3 N–H and O–H groups in total. The van der Waals surface area contributed by atoms with Gasteiger partial charge in [-0.3, -0.25) is 0 Å². The SMILES string of the molecule is CCNc1ncc(S(=O)(=O)NCCCNS(C)(=O)=O)cn1. The number of nitrogens with zero attached hydrogens (tertiary/aromatic N) is 2. The summed E-state index contributed by atoms with van der Waals surface area (Å²) in [6, 6.07) is 0. The van der Waals surface area contributed by atoms with Gasteiger partial charge in [0.25, 0.3) is 0 Å². The van der Waals surface area contributed by atoms with Crippen LogP contribution in [0.2, 0.25) is 0 Å². The van der Waals surface area contributed by atoms with Crippen LogP contribution in [0.25, 0.3) is 0 Å². The van der Waals surface area contributed by atoms with E-state index in [2.05, 4.69) is 24.7 Å². The molecule has 1 aromatic heterocycles. The van der Waals surface area contributed by atoms with E-state index in [1.165, 1.54) is 12.4 Å². The molecule has 0 spiro atoms. The second kappa shape index (κ2) is 7.64. The van der Waals surface area contributed by atoms with Gasteiger partial charge in [-0.1, -0.05) is 0 Å². The molecule has 0 unspecified atom stereocenters. The third-order valence-corrected chi connectivity index (χ3v) is 4.43. The molecular weight excluding hydrogens is 318 g/mol. The van der Waals surface area contributed by atoms with Crippen molar-refractivity contribution in [3.05, 3.63) is 12.4 Å². The minimum atomic E-state index is -3.69. The van der Waals surface area contributed by atoms with Crippen LogP contribution in [-0.2, 0) is 20.0 Å². The van der Waals surface area contributed by atoms with Gasteiger partial charge < -0.3 is 5.32 Å². The van der Waals surface area contributed by atoms with Gasteiger partial charge in [-0.2, -0.15) is 0 Å². The maximum atomic E-state index is 11.9. The number of nitrogens with one attached hydrogen (secondary N) is 3. The number of hydrogen-bond acceptors (Lipinski definition) is 7. The van der Waals surface area contributed by atoms with Gasteiger partial charge in [0.2, 0.25) is 26.0 Å². The molecule has 0 aliphatic heterocycles. The highest BCUT2D eigenvalue weighted by molar-refractivity contribution is 7.89. The lowest BCUT2D eigenvalue weighted by Gasteiger charge is -2.07. The molecule has 1 rings (SSSR count). The average molecular weight is 337 g/mol. The van der Waals surface area contributed by atoms with E-state index in [0.717, 1.165) is 6.26 Å². The summed E-state index contributed by atoms with van der Waals surface area (Å²) in [5, 5.41) is 2.86. The van der Waals surface area contributed by atoms with Crippen LogP contribution in [0.5, 0.6) is 0 Å². The fraction of sp³-hybridized carbons (Fsp3) is 0.600. The molecule has 0 radical (unpaired) electrons. The van der Waals surface area contributed by atoms with Crippen molar-refractivity contribution in [2.45, 2.75) is 18.2 Å². The first-order valence-corrected chi connectivity index (χ1v) is 9.62. The number of aromatic nitrogens is 2. The summed E-state index contributed by atoms with van der Waals surface area (Å²) in [4.78, 5) is 7.72. The van der Waals surface area contributed by atoms with Crippen molar-refractivity contribution in [1.82, 2.24) is 19.4 Å². The average Bonchev–Trinajstić information content (AvgIpc) is 2.38. The summed E-state index contributed by atoms with van der Waals surface area (Å²) in [7, 11) is -6.94. The lowest BCUT2D eigenvalue weighted by molar-refractivity contribution is 0.574. The van der Waals surface area contributed by atoms with E-state index in [4.69, 9.17) is 0 Å². The first-order chi connectivity index (χ1) is 9.74. The molecule has 0 aliphatic rings. The van der Waals surface area contributed by atoms with Gasteiger partial charge in [0.15, 0.2) is 0 Å². The molecule has 0 bridgehead atoms. The normalized spacial score (nSPS) is 12.3. The van der Waals surface area contributed by atoms with Crippen LogP contribution in [0, 0.1) is 0 Å². The first kappa shape index (κ1) is 17.8. The Morgan fingerprint density at radius 2 is 1.62 bits per heavy atom. The number of sulfonamides is 2. The van der Waals surface area contributed by atoms with Crippen LogP contribution in [-0.4, -0.2) is 52.7 Å². The van der Waals surface area contributed by atoms with Crippen molar-refractivity contribution < 1.29 is 16.8 Å². The Morgan fingerprint density at radius 3 is 2.14 bits per heavy atom. The van der Waals surface area contributed by atoms with E-state index in [9.17, 15) is 16.8 Å². The van der Waals surface area contributed by atoms with Gasteiger partial charge in [0, 0.05) is 19.6 Å². The van der Waals surface area contributed by atoms with E-state index in [1.54, 1.807) is 0 Å². The molecule has 0 saturated heterocycles. The van der Waals surface area contributed by atoms with Crippen molar-refractivity contribution >= 4 is 26.0 Å². The van der Waals surface area contributed by atoms with Gasteiger partial charge in [-0.25, -0.2) is 36.2 Å². The third kappa shape index (κ3) is 6.80. The lowest BCUT2D eigenvalue weighted by atomic mass is 10.4. The summed E-state index contributed by atoms with van der Waals surface area (Å²) in [5.74, 6) is 0.355. The lowest BCUT2D eigenvalue weighted by Crippen LogP contribution is -2.29. The fourth-order valence-corrected chi connectivity index (χ4v) is 2.82. The number of hydrogen-bond donors (Lipinski definition) is 3. The molecule has 0 fully saturated rings. The smallest absolute Gasteiger partial charge is 0.243 e. The second-order valence-electron chi connectivity index (χ2n) is 4.19. The standard InChI is InChI=1S/C10H19N5O4S2/c1-3-11-10-12-7-9(8-13-10)21(18,19)15-6-4-5-14-20(2,16)17/h7-8,14-15H,3-6H2,1-2H3,(H,11,12,13). The van der Waals surface area contributed by atoms with E-state index < -0.39 is 20.0 Å². The highest BCUT2D eigenvalue weighted by atomic mass is 32.2. The zero-order chi connectivity index (χ0) is 15.9. The minimum Gasteiger partial charge on any atom is -0.355 e. The molecular formula is C10H19N5O4S2. The molecule has 120 valence electrons. The van der Waals surface area contributed by atoms with Crippen molar-refractivity contribution in [3.63, 3.8) is 0 Å². The molecule has 1 heterocycles. The van der Waals surface area contributed by atoms with Crippen molar-refractivity contribution in [2.24, 2.45) is 0 Å². The van der Waals surface area contributed by atoms with E-state index in [1.807, 2.05) is 6.92 Å². The molecule has 21 heavy (non-hydrogen) atoms. The van der Waals surface area contributed by atoms with Gasteiger partial charge in [0.1, 0.15) is 4.90 Å². The van der Waals surface area contributed by atoms with Gasteiger partial charge in [-0.15, -0.1) is 0 Å². The predicted molar refractivity (Wildman–Crippen MR) is 78.8 cm³/mol. The molecule has 0 aliphatic carbocycles. The molecule has 9 nitrogen and oxygen atoms in total. The number of rotatable bonds is 9. The highest BCUT2D eigenvalue weighted by Crippen LogP contribution is 2.06. The van der Waals surface area contributed by atoms with Gasteiger partial charge in [0.05, 0.1) is 18.6 Å². The Labute approximate surface area is 124 Å². The van der Waals surface area contributed by atoms with Crippen molar-refractivity contribution in [1.29, 1.82) is 0 Å². The van der Waals surface area contributed by atoms with Crippen LogP contribution in [0.15, 0.2) is 17.3 Å². The summed E-state index contributed by atoms with van der Waals surface area (Å²) >= 11 is 0. The quantitative estimate of drug-likeness (QED) is 0.499. The summed E-state index contributed by atoms with van der Waals surface area (Å²) in [5.41, 5.74) is 0. The van der Waals surface area contributed by atoms with E-state index >= 15 is 0 Å². The molecule has 0 amide bonds. The highest BCUT2D eigenvalue weighted by Gasteiger charge is 2.14. The Balaban J connectivity index is 2.49. The Kier molecular flexibility index (Phi) is 6.45. The van der Waals surface area contributed by atoms with Crippen LogP contribution < -0.4 is 14.8 Å². The molecule has 11 heteroatoms. The zero-order valence-electron chi connectivity index (χ0n) is 11.8. The van der Waals surface area contributed by atoms with E-state index in [-0.39, 0.29) is 18.0 Å². The van der Waals surface area contributed by atoms with Crippen LogP contribution >= 0.6 is 0 Å². The third-order valence-electron chi connectivity index (χ3n) is 2.28. The Bertz CT molecular complexity index is 643. The molecule has 0 saturated carbocycles. The summed E-state index contributed by atoms with van der Waals surface area (Å²) < 4.78 is 50.1. The largest absolute Gasteiger partial charge is 0.355 e. The van der Waals surface area contributed by atoms with Crippen molar-refractivity contribution in [2.75, 3.05) is 31.2 Å².